The van der Waals surface area contributed by atoms with Crippen molar-refractivity contribution in [3.8, 4) is 0 Å². The van der Waals surface area contributed by atoms with E-state index in [1.807, 2.05) is 23.7 Å². The van der Waals surface area contributed by atoms with E-state index in [4.69, 9.17) is 0 Å². The summed E-state index contributed by atoms with van der Waals surface area (Å²) in [7, 11) is 0. The highest BCUT2D eigenvalue weighted by atomic mass is 16.1. The predicted molar refractivity (Wildman–Crippen MR) is 128 cm³/mol. The maximum Gasteiger partial charge on any atom is 0.252 e. The van der Waals surface area contributed by atoms with Crippen molar-refractivity contribution in [1.29, 1.82) is 0 Å². The molecule has 1 fully saturated rings. The molecule has 7 nitrogen and oxygen atoms in total. The fourth-order valence-electron chi connectivity index (χ4n) is 5.09. The van der Waals surface area contributed by atoms with Crippen LogP contribution >= 0.6 is 0 Å². The molecular weight excluding hydrogens is 400 g/mol. The zero-order valence-corrected chi connectivity index (χ0v) is 20.1. The second-order valence-corrected chi connectivity index (χ2v) is 10.2. The van der Waals surface area contributed by atoms with Crippen LogP contribution in [-0.2, 0) is 12.1 Å². The Hall–Kier alpha value is -2.54. The number of nitrogens with one attached hydrogen (secondary N) is 1. The van der Waals surface area contributed by atoms with Gasteiger partial charge in [-0.3, -0.25) is 9.69 Å². The number of aromatic amines is 1. The molecule has 2 aromatic heterocycles. The van der Waals surface area contributed by atoms with Crippen LogP contribution in [0.25, 0.3) is 10.9 Å². The number of hydrogen-bond donors (Lipinski definition) is 1. The average Bonchev–Trinajstić information content (AvgIpc) is 3.26. The highest BCUT2D eigenvalue weighted by Gasteiger charge is 2.33. The Labute approximate surface area is 190 Å². The molecule has 0 radical (unpaired) electrons. The highest BCUT2D eigenvalue weighted by molar-refractivity contribution is 5.81. The molecule has 0 amide bonds. The van der Waals surface area contributed by atoms with Crippen molar-refractivity contribution in [2.24, 2.45) is 0 Å². The molecular formula is C25H36N6O. The SMILES string of the molecule is CC[C@H](c1nnnn1C(C)(C)C)N(Cc1cc2cccc(C)c2[nH]c1=O)C1CCCCC1. The average molecular weight is 437 g/mol. The zero-order chi connectivity index (χ0) is 22.9. The Bertz CT molecular complexity index is 1120. The first-order valence-corrected chi connectivity index (χ1v) is 12.0. The minimum Gasteiger partial charge on any atom is -0.321 e. The van der Waals surface area contributed by atoms with Crippen LogP contribution in [0.2, 0.25) is 0 Å². The van der Waals surface area contributed by atoms with E-state index >= 15 is 0 Å². The van der Waals surface area contributed by atoms with Crippen LogP contribution in [0, 0.1) is 6.92 Å². The molecule has 4 rings (SSSR count). The quantitative estimate of drug-likeness (QED) is 0.597. The molecule has 2 heterocycles. The summed E-state index contributed by atoms with van der Waals surface area (Å²) in [5, 5.41) is 13.9. The van der Waals surface area contributed by atoms with Gasteiger partial charge in [0.1, 0.15) is 0 Å². The minimum atomic E-state index is -0.206. The van der Waals surface area contributed by atoms with Gasteiger partial charge in [-0.15, -0.1) is 5.10 Å². The van der Waals surface area contributed by atoms with Gasteiger partial charge in [0.2, 0.25) is 0 Å². The maximum absolute atomic E-state index is 13.1. The number of H-pyrrole nitrogens is 1. The van der Waals surface area contributed by atoms with Gasteiger partial charge in [0, 0.05) is 18.2 Å². The fraction of sp³-hybridized carbons (Fsp3) is 0.600. The van der Waals surface area contributed by atoms with Crippen molar-refractivity contribution < 1.29 is 0 Å². The first kappa shape index (κ1) is 22.6. The third-order valence-electron chi connectivity index (χ3n) is 6.78. The summed E-state index contributed by atoms with van der Waals surface area (Å²) in [6.07, 6.45) is 6.94. The topological polar surface area (TPSA) is 79.7 Å². The summed E-state index contributed by atoms with van der Waals surface area (Å²) in [6.45, 7) is 11.2. The lowest BCUT2D eigenvalue weighted by atomic mass is 9.92. The molecule has 1 aliphatic carbocycles. The van der Waals surface area contributed by atoms with Crippen molar-refractivity contribution in [2.75, 3.05) is 0 Å². The lowest BCUT2D eigenvalue weighted by Crippen LogP contribution is -2.42. The van der Waals surface area contributed by atoms with E-state index in [1.54, 1.807) is 0 Å². The van der Waals surface area contributed by atoms with Crippen LogP contribution in [0.4, 0.5) is 0 Å². The van der Waals surface area contributed by atoms with Gasteiger partial charge in [0.25, 0.3) is 5.56 Å². The van der Waals surface area contributed by atoms with E-state index in [2.05, 4.69) is 65.2 Å². The number of pyridine rings is 1. The Balaban J connectivity index is 1.76. The molecule has 0 spiro atoms. The molecule has 1 saturated carbocycles. The molecule has 1 atom stereocenters. The Morgan fingerprint density at radius 3 is 2.66 bits per heavy atom. The van der Waals surface area contributed by atoms with E-state index in [0.717, 1.165) is 47.1 Å². The van der Waals surface area contributed by atoms with Crippen molar-refractivity contribution in [1.82, 2.24) is 30.1 Å². The van der Waals surface area contributed by atoms with Crippen LogP contribution in [0.1, 0.15) is 89.2 Å². The van der Waals surface area contributed by atoms with E-state index in [1.165, 1.54) is 19.3 Å². The lowest BCUT2D eigenvalue weighted by Gasteiger charge is -2.39. The van der Waals surface area contributed by atoms with Crippen LogP contribution in [0.3, 0.4) is 0 Å². The first-order chi connectivity index (χ1) is 15.3. The second kappa shape index (κ2) is 9.14. The Kier molecular flexibility index (Phi) is 6.47. The molecule has 1 aromatic carbocycles. The maximum atomic E-state index is 13.1. The summed E-state index contributed by atoms with van der Waals surface area (Å²) < 4.78 is 1.95. The smallest absolute Gasteiger partial charge is 0.252 e. The van der Waals surface area contributed by atoms with Gasteiger partial charge in [-0.2, -0.15) is 0 Å². The fourth-order valence-corrected chi connectivity index (χ4v) is 5.09. The van der Waals surface area contributed by atoms with E-state index in [9.17, 15) is 4.79 Å². The summed E-state index contributed by atoms with van der Waals surface area (Å²) >= 11 is 0. The number of tetrazole rings is 1. The molecule has 1 aliphatic rings. The molecule has 32 heavy (non-hydrogen) atoms. The molecule has 1 N–H and O–H groups in total. The van der Waals surface area contributed by atoms with Gasteiger partial charge in [-0.1, -0.05) is 44.4 Å². The third-order valence-corrected chi connectivity index (χ3v) is 6.78. The Morgan fingerprint density at radius 1 is 1.22 bits per heavy atom. The number of aryl methyl sites for hydroxylation is 1. The van der Waals surface area contributed by atoms with Gasteiger partial charge in [-0.05, 0) is 74.4 Å². The lowest BCUT2D eigenvalue weighted by molar-refractivity contribution is 0.0810. The monoisotopic (exact) mass is 436 g/mol. The van der Waals surface area contributed by atoms with Crippen molar-refractivity contribution in [3.05, 3.63) is 51.6 Å². The molecule has 0 saturated heterocycles. The molecule has 0 bridgehead atoms. The van der Waals surface area contributed by atoms with Crippen LogP contribution in [0.5, 0.6) is 0 Å². The van der Waals surface area contributed by atoms with E-state index in [-0.39, 0.29) is 17.1 Å². The van der Waals surface area contributed by atoms with Crippen molar-refractivity contribution in [2.45, 2.75) is 97.3 Å². The number of fused-ring (bicyclic) bond motifs is 1. The number of rotatable bonds is 6. The van der Waals surface area contributed by atoms with Crippen LogP contribution < -0.4 is 5.56 Å². The van der Waals surface area contributed by atoms with Gasteiger partial charge in [-0.25, -0.2) is 4.68 Å². The summed E-state index contributed by atoms with van der Waals surface area (Å²) in [5.41, 5.74) is 2.61. The largest absolute Gasteiger partial charge is 0.321 e. The van der Waals surface area contributed by atoms with Gasteiger partial charge in [0.15, 0.2) is 5.82 Å². The first-order valence-electron chi connectivity index (χ1n) is 12.0. The minimum absolute atomic E-state index is 0.00197. The summed E-state index contributed by atoms with van der Waals surface area (Å²) in [6, 6.07) is 8.70. The molecule has 0 aliphatic heterocycles. The number of aromatic nitrogens is 5. The van der Waals surface area contributed by atoms with Gasteiger partial charge in [0.05, 0.1) is 17.1 Å². The second-order valence-electron chi connectivity index (χ2n) is 10.2. The molecule has 172 valence electrons. The highest BCUT2D eigenvalue weighted by Crippen LogP contribution is 2.34. The summed E-state index contributed by atoms with van der Waals surface area (Å²) in [4.78, 5) is 18.7. The molecule has 0 unspecified atom stereocenters. The van der Waals surface area contributed by atoms with Crippen molar-refractivity contribution >= 4 is 10.9 Å². The third kappa shape index (κ3) is 4.49. The van der Waals surface area contributed by atoms with Gasteiger partial charge >= 0.3 is 0 Å². The van der Waals surface area contributed by atoms with Gasteiger partial charge < -0.3 is 4.98 Å². The number of para-hydroxylation sites is 1. The molecule has 7 heteroatoms. The van der Waals surface area contributed by atoms with Crippen LogP contribution in [0.15, 0.2) is 29.1 Å². The van der Waals surface area contributed by atoms with Crippen LogP contribution in [-0.4, -0.2) is 36.1 Å². The Morgan fingerprint density at radius 2 is 1.97 bits per heavy atom. The van der Waals surface area contributed by atoms with Crippen molar-refractivity contribution in [3.63, 3.8) is 0 Å². The number of nitrogens with zero attached hydrogens (tertiary/aromatic N) is 5. The number of benzene rings is 1. The normalized spacial score (nSPS) is 16.7. The number of hydrogen-bond acceptors (Lipinski definition) is 5. The molecule has 3 aromatic rings. The predicted octanol–water partition coefficient (Wildman–Crippen LogP) is 4.86. The zero-order valence-electron chi connectivity index (χ0n) is 20.1. The summed E-state index contributed by atoms with van der Waals surface area (Å²) in [5.74, 6) is 0.888. The van der Waals surface area contributed by atoms with E-state index < -0.39 is 0 Å². The van der Waals surface area contributed by atoms with E-state index in [0.29, 0.717) is 12.6 Å². The standard InChI is InChI=1S/C25H36N6O/c1-6-21(23-27-28-29-31(23)25(3,4)5)30(20-13-8-7-9-14-20)16-19-15-18-12-10-11-17(2)22(18)26-24(19)32/h10-12,15,20-21H,6-9,13-14,16H2,1-5H3,(H,26,32)/t21-/m1/s1.